The first-order valence-corrected chi connectivity index (χ1v) is 14.2. The number of pyridine rings is 1. The third kappa shape index (κ3) is 5.84. The molecule has 0 bridgehead atoms. The number of methoxy groups -OCH3 is 2. The number of carbonyl (C=O) groups is 2. The maximum atomic E-state index is 14.3. The minimum atomic E-state index is -4.73. The number of ether oxygens (including phenoxy) is 2. The summed E-state index contributed by atoms with van der Waals surface area (Å²) in [5.41, 5.74) is -2.93. The monoisotopic (exact) mass is 646 g/mol. The zero-order chi connectivity index (χ0) is 33.6. The lowest BCUT2D eigenvalue weighted by Crippen LogP contribution is -2.60. The Morgan fingerprint density at radius 1 is 1.09 bits per heavy atom. The zero-order valence-electron chi connectivity index (χ0n) is 25.3. The topological polar surface area (TPSA) is 104 Å². The van der Waals surface area contributed by atoms with Crippen LogP contribution in [0.2, 0.25) is 0 Å². The summed E-state index contributed by atoms with van der Waals surface area (Å²) in [5.74, 6) is -4.83. The van der Waals surface area contributed by atoms with Crippen LogP contribution < -0.4 is 14.8 Å². The quantitative estimate of drug-likeness (QED) is 0.214. The molecule has 0 spiro atoms. The van der Waals surface area contributed by atoms with Gasteiger partial charge < -0.3 is 19.9 Å². The summed E-state index contributed by atoms with van der Waals surface area (Å²) in [6, 6.07) is 10.1. The van der Waals surface area contributed by atoms with Gasteiger partial charge in [0, 0.05) is 47.6 Å². The first-order valence-electron chi connectivity index (χ1n) is 14.2. The molecule has 1 unspecified atom stereocenters. The minimum absolute atomic E-state index is 0.00301. The van der Waals surface area contributed by atoms with Crippen molar-refractivity contribution >= 4 is 17.5 Å². The summed E-state index contributed by atoms with van der Waals surface area (Å²) in [4.78, 5) is 31.3. The van der Waals surface area contributed by atoms with Crippen LogP contribution in [0.4, 0.5) is 27.6 Å². The number of carbonyl (C=O) groups excluding carboxylic acids is 2. The minimum Gasteiger partial charge on any atom is -0.509 e. The molecular weight excluding hydrogens is 615 g/mol. The van der Waals surface area contributed by atoms with E-state index in [1.54, 1.807) is 30.1 Å². The molecule has 2 aliphatic heterocycles. The number of amides is 2. The first kappa shape index (κ1) is 32.7. The molecule has 3 heterocycles. The Labute approximate surface area is 261 Å². The number of nitrogens with one attached hydrogen (secondary N) is 1. The lowest BCUT2D eigenvalue weighted by Gasteiger charge is -2.46. The van der Waals surface area contributed by atoms with Gasteiger partial charge in [0.05, 0.1) is 26.3 Å². The summed E-state index contributed by atoms with van der Waals surface area (Å²) in [7, 11) is 2.92. The molecule has 1 fully saturated rings. The van der Waals surface area contributed by atoms with Crippen molar-refractivity contribution in [3.8, 4) is 22.6 Å². The van der Waals surface area contributed by atoms with Gasteiger partial charge in [0.1, 0.15) is 17.0 Å². The van der Waals surface area contributed by atoms with Crippen molar-refractivity contribution in [2.45, 2.75) is 50.9 Å². The number of alkyl halides is 5. The third-order valence-electron chi connectivity index (χ3n) is 8.26. The molecule has 1 aromatic heterocycles. The molecule has 14 heteroatoms. The van der Waals surface area contributed by atoms with E-state index in [0.717, 1.165) is 30.5 Å². The van der Waals surface area contributed by atoms with Crippen LogP contribution in [0.3, 0.4) is 0 Å². The fraction of sp³-hybridized carbons (Fsp3) is 0.344. The number of anilines is 1. The van der Waals surface area contributed by atoms with Crippen molar-refractivity contribution in [2.75, 3.05) is 26.1 Å². The Balaban J connectivity index is 1.54. The summed E-state index contributed by atoms with van der Waals surface area (Å²) in [6.45, 7) is 2.72. The highest BCUT2D eigenvalue weighted by atomic mass is 19.4. The summed E-state index contributed by atoms with van der Waals surface area (Å²) in [6.07, 6.45) is -2.86. The van der Waals surface area contributed by atoms with E-state index < -0.39 is 52.0 Å². The highest BCUT2D eigenvalue weighted by molar-refractivity contribution is 6.24. The molecule has 244 valence electrons. The lowest BCUT2D eigenvalue weighted by atomic mass is 9.90. The van der Waals surface area contributed by atoms with Crippen LogP contribution in [0.15, 0.2) is 66.1 Å². The number of aliphatic hydroxyl groups is 1. The molecule has 2 amide bonds. The molecule has 1 atom stereocenters. The number of hydrogen-bond acceptors (Lipinski definition) is 7. The predicted molar refractivity (Wildman–Crippen MR) is 157 cm³/mol. The van der Waals surface area contributed by atoms with E-state index in [2.05, 4.69) is 10.3 Å². The number of hydrazine groups is 1. The van der Waals surface area contributed by atoms with Gasteiger partial charge in [0.25, 0.3) is 17.7 Å². The molecule has 0 radical (unpaired) electrons. The molecule has 3 aromatic rings. The van der Waals surface area contributed by atoms with Crippen LogP contribution in [0, 0.1) is 0 Å². The number of aliphatic hydroxyl groups excluding tert-OH is 1. The number of benzene rings is 2. The van der Waals surface area contributed by atoms with E-state index in [4.69, 9.17) is 9.47 Å². The van der Waals surface area contributed by atoms with E-state index in [1.165, 1.54) is 19.2 Å². The van der Waals surface area contributed by atoms with Crippen molar-refractivity contribution in [1.82, 2.24) is 15.0 Å². The van der Waals surface area contributed by atoms with Gasteiger partial charge in [-0.2, -0.15) is 13.2 Å². The molecule has 46 heavy (non-hydrogen) atoms. The van der Waals surface area contributed by atoms with E-state index in [0.29, 0.717) is 49.4 Å². The molecule has 5 rings (SSSR count). The zero-order valence-corrected chi connectivity index (χ0v) is 25.3. The van der Waals surface area contributed by atoms with Crippen LogP contribution in [0.5, 0.6) is 11.5 Å². The van der Waals surface area contributed by atoms with Gasteiger partial charge in [0.15, 0.2) is 11.5 Å². The normalized spacial score (nSPS) is 18.9. The van der Waals surface area contributed by atoms with Crippen molar-refractivity contribution in [3.63, 3.8) is 0 Å². The number of fused-ring (bicyclic) bond motifs is 1. The Kier molecular flexibility index (Phi) is 8.45. The molecule has 2 aliphatic rings. The average Bonchev–Trinajstić information content (AvgIpc) is 3.41. The summed E-state index contributed by atoms with van der Waals surface area (Å²) < 4.78 is 78.9. The van der Waals surface area contributed by atoms with Crippen molar-refractivity contribution in [1.29, 1.82) is 0 Å². The molecular formula is C32H31F5N4O5. The molecule has 1 saturated heterocycles. The van der Waals surface area contributed by atoms with Gasteiger partial charge in [-0.15, -0.1) is 0 Å². The smallest absolute Gasteiger partial charge is 0.433 e. The Morgan fingerprint density at radius 3 is 2.43 bits per heavy atom. The number of halogens is 5. The van der Waals surface area contributed by atoms with E-state index in [-0.39, 0.29) is 23.4 Å². The average molecular weight is 647 g/mol. The van der Waals surface area contributed by atoms with Crippen molar-refractivity contribution in [2.24, 2.45) is 0 Å². The van der Waals surface area contributed by atoms with Gasteiger partial charge in [-0.05, 0) is 44.0 Å². The second kappa shape index (κ2) is 11.9. The second-order valence-corrected chi connectivity index (χ2v) is 11.3. The van der Waals surface area contributed by atoms with Crippen LogP contribution in [-0.4, -0.2) is 58.2 Å². The van der Waals surface area contributed by atoms with E-state index in [1.807, 2.05) is 0 Å². The van der Waals surface area contributed by atoms with Crippen LogP contribution in [0.1, 0.15) is 43.5 Å². The molecule has 0 saturated carbocycles. The number of hydrogen-bond donors (Lipinski definition) is 2. The number of para-hydroxylation sites is 1. The Bertz CT molecular complexity index is 1700. The SMILES string of the molecule is COc1cccc(CN2C(=O)C(C(=O)Nc3ccc(C(C)(F)F)cc3-c3ccc(C(F)(F)F)nc3)=C(O)C3(C)CCCN23)c1OC. The van der Waals surface area contributed by atoms with Crippen molar-refractivity contribution < 1.29 is 46.1 Å². The highest BCUT2D eigenvalue weighted by Crippen LogP contribution is 2.43. The second-order valence-electron chi connectivity index (χ2n) is 11.3. The van der Waals surface area contributed by atoms with Gasteiger partial charge in [0.2, 0.25) is 0 Å². The standard InChI is InChI=1S/C32H31F5N4O5/c1-30-13-6-14-41(30)40(17-19-7-5-8-23(45-3)26(19)46-4)29(44)25(27(30)42)28(43)39-22-11-10-20(31(2,33)34)15-21(22)18-9-12-24(38-16-18)32(35,36)37/h5,7-12,15-16,42H,6,13-14,17H2,1-4H3,(H,39,43). The maximum Gasteiger partial charge on any atom is 0.433 e. The number of rotatable bonds is 8. The Hall–Kier alpha value is -4.72. The number of nitrogens with zero attached hydrogens (tertiary/aromatic N) is 3. The summed E-state index contributed by atoms with van der Waals surface area (Å²) in [5, 5.41) is 17.0. The van der Waals surface area contributed by atoms with Crippen LogP contribution >= 0.6 is 0 Å². The fourth-order valence-electron chi connectivity index (χ4n) is 5.86. The van der Waals surface area contributed by atoms with Crippen LogP contribution in [0.25, 0.3) is 11.1 Å². The molecule has 2 N–H and O–H groups in total. The number of aromatic nitrogens is 1. The van der Waals surface area contributed by atoms with Crippen molar-refractivity contribution in [3.05, 3.63) is 82.9 Å². The fourth-order valence-corrected chi connectivity index (χ4v) is 5.86. The van der Waals surface area contributed by atoms with Crippen LogP contribution in [-0.2, 0) is 28.2 Å². The van der Waals surface area contributed by atoms with E-state index in [9.17, 15) is 36.6 Å². The van der Waals surface area contributed by atoms with Gasteiger partial charge in [-0.1, -0.05) is 24.3 Å². The summed E-state index contributed by atoms with van der Waals surface area (Å²) >= 11 is 0. The van der Waals surface area contributed by atoms with E-state index >= 15 is 0 Å². The van der Waals surface area contributed by atoms with Gasteiger partial charge >= 0.3 is 6.18 Å². The largest absolute Gasteiger partial charge is 0.509 e. The van der Waals surface area contributed by atoms with Gasteiger partial charge in [-0.25, -0.2) is 13.8 Å². The lowest BCUT2D eigenvalue weighted by molar-refractivity contribution is -0.160. The Morgan fingerprint density at radius 2 is 1.83 bits per heavy atom. The third-order valence-corrected chi connectivity index (χ3v) is 8.26. The molecule has 2 aromatic carbocycles. The first-order chi connectivity index (χ1) is 21.6. The highest BCUT2D eigenvalue weighted by Gasteiger charge is 2.52. The molecule has 0 aliphatic carbocycles. The maximum absolute atomic E-state index is 14.3. The van der Waals surface area contributed by atoms with Gasteiger partial charge in [-0.3, -0.25) is 19.6 Å². The predicted octanol–water partition coefficient (Wildman–Crippen LogP) is 6.46. The molecule has 9 nitrogen and oxygen atoms in total.